The molecule has 0 bridgehead atoms. The normalized spacial score (nSPS) is 11.7. The van der Waals surface area contributed by atoms with E-state index in [0.717, 1.165) is 22.6 Å². The number of nitro groups is 1. The van der Waals surface area contributed by atoms with Crippen LogP contribution >= 0.6 is 11.3 Å². The van der Waals surface area contributed by atoms with Crippen LogP contribution in [0.5, 0.6) is 0 Å². The number of non-ortho nitro benzene ring substituents is 1. The van der Waals surface area contributed by atoms with Gasteiger partial charge in [-0.2, -0.15) is 0 Å². The van der Waals surface area contributed by atoms with Gasteiger partial charge in [-0.3, -0.25) is 20.2 Å². The Kier molecular flexibility index (Phi) is 3.35. The topological polar surface area (TPSA) is 85.1 Å². The first-order chi connectivity index (χ1) is 11.6. The van der Waals surface area contributed by atoms with Crippen LogP contribution in [0, 0.1) is 10.1 Å². The molecule has 1 heterocycles. The number of anilines is 1. The lowest BCUT2D eigenvalue weighted by Crippen LogP contribution is -2.11. The molecule has 0 atom stereocenters. The largest absolute Gasteiger partial charge is 0.298 e. The molecule has 6 nitrogen and oxygen atoms in total. The summed E-state index contributed by atoms with van der Waals surface area (Å²) in [6.45, 7) is 0. The monoisotopic (exact) mass is 337 g/mol. The Morgan fingerprint density at radius 1 is 1.17 bits per heavy atom. The Labute approximate surface area is 140 Å². The molecule has 3 aromatic rings. The number of nitrogens with zero attached hydrogens (tertiary/aromatic N) is 2. The number of hydrogen-bond acceptors (Lipinski definition) is 5. The third-order valence-electron chi connectivity index (χ3n) is 3.88. The quantitative estimate of drug-likeness (QED) is 0.454. The van der Waals surface area contributed by atoms with Crippen molar-refractivity contribution in [2.45, 2.75) is 6.42 Å². The summed E-state index contributed by atoms with van der Waals surface area (Å²) >= 11 is 1.46. The predicted octanol–water partition coefficient (Wildman–Crippen LogP) is 3.87. The molecule has 0 aliphatic heterocycles. The molecule has 1 amide bonds. The molecular formula is C17H11N3O3S. The van der Waals surface area contributed by atoms with Crippen molar-refractivity contribution in [3.8, 4) is 11.3 Å². The number of thiazole rings is 1. The standard InChI is InChI=1S/C17H11N3O3S/c21-16(10-5-7-12(8-6-10)20(22)23)19-17-18-15-13-4-2-1-3-11(13)9-14(15)24-17/h1-8H,9H2,(H,18,19,21). The van der Waals surface area contributed by atoms with Crippen LogP contribution in [-0.4, -0.2) is 15.8 Å². The summed E-state index contributed by atoms with van der Waals surface area (Å²) in [7, 11) is 0. The molecule has 0 spiro atoms. The van der Waals surface area contributed by atoms with Crippen LogP contribution in [0.4, 0.5) is 10.8 Å². The second-order valence-corrected chi connectivity index (χ2v) is 6.47. The van der Waals surface area contributed by atoms with Crippen molar-refractivity contribution in [2.75, 3.05) is 5.32 Å². The van der Waals surface area contributed by atoms with Gasteiger partial charge in [0.25, 0.3) is 11.6 Å². The summed E-state index contributed by atoms with van der Waals surface area (Å²) in [5, 5.41) is 14.0. The Morgan fingerprint density at radius 2 is 1.92 bits per heavy atom. The fraction of sp³-hybridized carbons (Fsp3) is 0.0588. The molecule has 1 N–H and O–H groups in total. The zero-order valence-corrected chi connectivity index (χ0v) is 13.2. The lowest BCUT2D eigenvalue weighted by atomic mass is 10.1. The Bertz CT molecular complexity index is 963. The van der Waals surface area contributed by atoms with Crippen molar-refractivity contribution in [3.63, 3.8) is 0 Å². The van der Waals surface area contributed by atoms with Crippen molar-refractivity contribution < 1.29 is 9.72 Å². The fourth-order valence-corrected chi connectivity index (χ4v) is 3.71. The fourth-order valence-electron chi connectivity index (χ4n) is 2.72. The van der Waals surface area contributed by atoms with E-state index in [1.54, 1.807) is 0 Å². The van der Waals surface area contributed by atoms with Gasteiger partial charge in [0, 0.05) is 34.6 Å². The van der Waals surface area contributed by atoms with Crippen molar-refractivity contribution in [2.24, 2.45) is 0 Å². The molecule has 1 aliphatic rings. The molecular weight excluding hydrogens is 326 g/mol. The highest BCUT2D eigenvalue weighted by molar-refractivity contribution is 7.16. The Hall–Kier alpha value is -3.06. The minimum Gasteiger partial charge on any atom is -0.298 e. The van der Waals surface area contributed by atoms with Gasteiger partial charge in [0.05, 0.1) is 10.6 Å². The van der Waals surface area contributed by atoms with E-state index in [1.165, 1.54) is 41.2 Å². The third kappa shape index (κ3) is 2.44. The van der Waals surface area contributed by atoms with E-state index in [-0.39, 0.29) is 11.6 Å². The lowest BCUT2D eigenvalue weighted by molar-refractivity contribution is -0.384. The second-order valence-electron chi connectivity index (χ2n) is 5.38. The minimum atomic E-state index is -0.496. The molecule has 7 heteroatoms. The number of rotatable bonds is 3. The molecule has 118 valence electrons. The maximum absolute atomic E-state index is 12.3. The van der Waals surface area contributed by atoms with Gasteiger partial charge in [0.2, 0.25) is 0 Å². The molecule has 0 saturated carbocycles. The van der Waals surface area contributed by atoms with Gasteiger partial charge in [-0.1, -0.05) is 24.3 Å². The first-order valence-electron chi connectivity index (χ1n) is 7.25. The van der Waals surface area contributed by atoms with Crippen LogP contribution in [0.1, 0.15) is 20.8 Å². The first-order valence-corrected chi connectivity index (χ1v) is 8.07. The number of amides is 1. The smallest absolute Gasteiger partial charge is 0.269 e. The van der Waals surface area contributed by atoms with E-state index >= 15 is 0 Å². The third-order valence-corrected chi connectivity index (χ3v) is 4.85. The van der Waals surface area contributed by atoms with Gasteiger partial charge in [0.1, 0.15) is 0 Å². The highest BCUT2D eigenvalue weighted by Gasteiger charge is 2.23. The summed E-state index contributed by atoms with van der Waals surface area (Å²) in [5.41, 5.74) is 3.60. The molecule has 0 fully saturated rings. The molecule has 0 unspecified atom stereocenters. The number of hydrogen-bond donors (Lipinski definition) is 1. The second kappa shape index (κ2) is 5.54. The van der Waals surface area contributed by atoms with Crippen molar-refractivity contribution >= 4 is 28.1 Å². The first kappa shape index (κ1) is 14.5. The van der Waals surface area contributed by atoms with E-state index in [0.29, 0.717) is 10.7 Å². The molecule has 2 aromatic carbocycles. The summed E-state index contributed by atoms with van der Waals surface area (Å²) in [4.78, 5) is 28.1. The number of aromatic nitrogens is 1. The lowest BCUT2D eigenvalue weighted by Gasteiger charge is -2.02. The Morgan fingerprint density at radius 3 is 2.67 bits per heavy atom. The number of fused-ring (bicyclic) bond motifs is 3. The van der Waals surface area contributed by atoms with Gasteiger partial charge in [-0.05, 0) is 17.7 Å². The van der Waals surface area contributed by atoms with E-state index in [1.807, 2.05) is 18.2 Å². The van der Waals surface area contributed by atoms with E-state index < -0.39 is 4.92 Å². The van der Waals surface area contributed by atoms with Crippen LogP contribution < -0.4 is 5.32 Å². The van der Waals surface area contributed by atoms with E-state index in [2.05, 4.69) is 16.4 Å². The Balaban J connectivity index is 1.55. The number of carbonyl (C=O) groups is 1. The van der Waals surface area contributed by atoms with Crippen LogP contribution in [0.3, 0.4) is 0 Å². The van der Waals surface area contributed by atoms with Gasteiger partial charge in [0.15, 0.2) is 5.13 Å². The predicted molar refractivity (Wildman–Crippen MR) is 91.4 cm³/mol. The minimum absolute atomic E-state index is 0.0450. The van der Waals surface area contributed by atoms with Crippen LogP contribution in [0.15, 0.2) is 48.5 Å². The van der Waals surface area contributed by atoms with Gasteiger partial charge >= 0.3 is 0 Å². The molecule has 0 saturated heterocycles. The van der Waals surface area contributed by atoms with Crippen LogP contribution in [-0.2, 0) is 6.42 Å². The van der Waals surface area contributed by atoms with Crippen molar-refractivity contribution in [3.05, 3.63) is 74.6 Å². The molecule has 1 aromatic heterocycles. The zero-order chi connectivity index (χ0) is 16.7. The summed E-state index contributed by atoms with van der Waals surface area (Å²) < 4.78 is 0. The number of nitro benzene ring substituents is 1. The SMILES string of the molecule is O=C(Nc1nc2c(s1)Cc1ccccc1-2)c1ccc([N+](=O)[O-])cc1. The highest BCUT2D eigenvalue weighted by atomic mass is 32.1. The van der Waals surface area contributed by atoms with Gasteiger partial charge < -0.3 is 0 Å². The number of nitrogens with one attached hydrogen (secondary N) is 1. The van der Waals surface area contributed by atoms with Crippen LogP contribution in [0.2, 0.25) is 0 Å². The van der Waals surface area contributed by atoms with Crippen molar-refractivity contribution in [1.29, 1.82) is 0 Å². The molecule has 4 rings (SSSR count). The van der Waals surface area contributed by atoms with E-state index in [9.17, 15) is 14.9 Å². The summed E-state index contributed by atoms with van der Waals surface area (Å²) in [6.07, 6.45) is 0.830. The van der Waals surface area contributed by atoms with Crippen LogP contribution in [0.25, 0.3) is 11.3 Å². The summed E-state index contributed by atoms with van der Waals surface area (Å²) in [6, 6.07) is 13.6. The molecule has 1 aliphatic carbocycles. The average Bonchev–Trinajstić information content (AvgIpc) is 3.12. The highest BCUT2D eigenvalue weighted by Crippen LogP contribution is 2.40. The van der Waals surface area contributed by atoms with Crippen molar-refractivity contribution in [1.82, 2.24) is 4.98 Å². The van der Waals surface area contributed by atoms with Gasteiger partial charge in [-0.25, -0.2) is 4.98 Å². The summed E-state index contributed by atoms with van der Waals surface area (Å²) in [5.74, 6) is -0.328. The average molecular weight is 337 g/mol. The molecule has 0 radical (unpaired) electrons. The molecule has 24 heavy (non-hydrogen) atoms. The van der Waals surface area contributed by atoms with E-state index in [4.69, 9.17) is 0 Å². The number of carbonyl (C=O) groups excluding carboxylic acids is 1. The van der Waals surface area contributed by atoms with Gasteiger partial charge in [-0.15, -0.1) is 11.3 Å². The number of benzene rings is 2. The maximum atomic E-state index is 12.3. The maximum Gasteiger partial charge on any atom is 0.269 e. The zero-order valence-electron chi connectivity index (χ0n) is 12.4.